The first kappa shape index (κ1) is 16.4. The summed E-state index contributed by atoms with van der Waals surface area (Å²) in [5.74, 6) is 0.639. The zero-order valence-electron chi connectivity index (χ0n) is 13.1. The van der Waals surface area contributed by atoms with Crippen LogP contribution in [0.1, 0.15) is 46.5 Å². The highest BCUT2D eigenvalue weighted by Gasteiger charge is 2.27. The van der Waals surface area contributed by atoms with Gasteiger partial charge >= 0.3 is 5.97 Å². The molecule has 0 bridgehead atoms. The van der Waals surface area contributed by atoms with Gasteiger partial charge in [0.25, 0.3) is 0 Å². The molecule has 1 aliphatic rings. The number of nitrogens with zero attached hydrogens (tertiary/aromatic N) is 1. The molecule has 0 aromatic rings. The molecule has 1 N–H and O–H groups in total. The maximum atomic E-state index is 11.8. The van der Waals surface area contributed by atoms with E-state index in [0.717, 1.165) is 12.5 Å². The van der Waals surface area contributed by atoms with Crippen molar-refractivity contribution in [2.45, 2.75) is 64.6 Å². The Bertz CT molecular complexity index is 281. The van der Waals surface area contributed by atoms with E-state index in [4.69, 9.17) is 4.74 Å². The van der Waals surface area contributed by atoms with Crippen molar-refractivity contribution in [3.05, 3.63) is 0 Å². The van der Waals surface area contributed by atoms with Crippen LogP contribution in [0.2, 0.25) is 0 Å². The van der Waals surface area contributed by atoms with E-state index in [-0.39, 0.29) is 18.1 Å². The highest BCUT2D eigenvalue weighted by molar-refractivity contribution is 5.76. The molecule has 1 fully saturated rings. The zero-order valence-corrected chi connectivity index (χ0v) is 13.1. The molecule has 0 aromatic carbocycles. The average molecular weight is 270 g/mol. The van der Waals surface area contributed by atoms with Gasteiger partial charge < -0.3 is 15.0 Å². The van der Waals surface area contributed by atoms with Gasteiger partial charge in [0, 0.05) is 18.6 Å². The van der Waals surface area contributed by atoms with E-state index in [1.807, 2.05) is 0 Å². The molecule has 112 valence electrons. The molecule has 0 aliphatic heterocycles. The molecule has 0 radical (unpaired) electrons. The molecule has 0 saturated heterocycles. The summed E-state index contributed by atoms with van der Waals surface area (Å²) in [5, 5.41) is 3.30. The van der Waals surface area contributed by atoms with Crippen LogP contribution in [-0.4, -0.2) is 49.7 Å². The average Bonchev–Trinajstić information content (AvgIpc) is 2.36. The van der Waals surface area contributed by atoms with E-state index in [1.165, 1.54) is 32.8 Å². The lowest BCUT2D eigenvalue weighted by Crippen LogP contribution is -2.50. The number of hydrogen-bond donors (Lipinski definition) is 1. The van der Waals surface area contributed by atoms with Crippen LogP contribution < -0.4 is 5.32 Å². The molecule has 0 spiro atoms. The molecule has 1 aliphatic carbocycles. The summed E-state index contributed by atoms with van der Waals surface area (Å²) in [5.41, 5.74) is 0. The van der Waals surface area contributed by atoms with Crippen molar-refractivity contribution in [3.8, 4) is 0 Å². The normalized spacial score (nSPS) is 25.6. The molecular formula is C15H30N2O2. The number of likely N-dealkylation sites (N-methyl/N-ethyl adjacent to an activating group) is 1. The zero-order chi connectivity index (χ0) is 14.4. The van der Waals surface area contributed by atoms with Crippen LogP contribution in [0.15, 0.2) is 0 Å². The van der Waals surface area contributed by atoms with Crippen molar-refractivity contribution < 1.29 is 9.53 Å². The predicted octanol–water partition coefficient (Wildman–Crippen LogP) is 2.04. The number of hydrogen-bond acceptors (Lipinski definition) is 4. The summed E-state index contributed by atoms with van der Waals surface area (Å²) < 4.78 is 4.89. The molecule has 3 unspecified atom stereocenters. The Kier molecular flexibility index (Phi) is 6.80. The molecule has 4 nitrogen and oxygen atoms in total. The second-order valence-corrected chi connectivity index (χ2v) is 6.26. The maximum Gasteiger partial charge on any atom is 0.324 e. The van der Waals surface area contributed by atoms with E-state index >= 15 is 0 Å². The maximum absolute atomic E-state index is 11.8. The molecule has 0 amide bonds. The summed E-state index contributed by atoms with van der Waals surface area (Å²) in [6.45, 7) is 7.16. The molecule has 4 heteroatoms. The first-order chi connectivity index (χ1) is 8.93. The fraction of sp³-hybridized carbons (Fsp3) is 0.933. The summed E-state index contributed by atoms with van der Waals surface area (Å²) in [6, 6.07) is 0.653. The molecule has 0 heterocycles. The number of nitrogens with one attached hydrogen (secondary N) is 1. The Morgan fingerprint density at radius 2 is 2.11 bits per heavy atom. The third-order valence-electron chi connectivity index (χ3n) is 4.02. The first-order valence-electron chi connectivity index (χ1n) is 7.48. The largest absolute Gasteiger partial charge is 0.468 e. The van der Waals surface area contributed by atoms with Gasteiger partial charge in [-0.25, -0.2) is 0 Å². The summed E-state index contributed by atoms with van der Waals surface area (Å²) in [7, 11) is 3.58. The lowest BCUT2D eigenvalue weighted by molar-refractivity contribution is -0.144. The van der Waals surface area contributed by atoms with Gasteiger partial charge in [0.2, 0.25) is 0 Å². The standard InChI is InChI=1S/C15H30N2O2/c1-11(2)16-14(15(18)19-5)10-17(4)13-8-6-7-12(3)9-13/h11-14,16H,6-10H2,1-5H3. The van der Waals surface area contributed by atoms with Gasteiger partial charge in [-0.1, -0.05) is 33.6 Å². The Morgan fingerprint density at radius 1 is 1.42 bits per heavy atom. The van der Waals surface area contributed by atoms with Crippen LogP contribution in [-0.2, 0) is 9.53 Å². The van der Waals surface area contributed by atoms with Gasteiger partial charge in [-0.15, -0.1) is 0 Å². The minimum atomic E-state index is -0.229. The van der Waals surface area contributed by atoms with Crippen molar-refractivity contribution in [2.75, 3.05) is 20.7 Å². The minimum absolute atomic E-state index is 0.163. The van der Waals surface area contributed by atoms with Crippen molar-refractivity contribution in [1.82, 2.24) is 10.2 Å². The fourth-order valence-corrected chi connectivity index (χ4v) is 2.98. The Balaban J connectivity index is 2.54. The molecular weight excluding hydrogens is 240 g/mol. The number of methoxy groups -OCH3 is 1. The van der Waals surface area contributed by atoms with E-state index in [0.29, 0.717) is 6.04 Å². The Hall–Kier alpha value is -0.610. The number of carbonyl (C=O) groups is 1. The van der Waals surface area contributed by atoms with E-state index in [1.54, 1.807) is 0 Å². The lowest BCUT2D eigenvalue weighted by atomic mass is 9.86. The molecule has 3 atom stereocenters. The quantitative estimate of drug-likeness (QED) is 0.750. The van der Waals surface area contributed by atoms with Crippen molar-refractivity contribution >= 4 is 5.97 Å². The first-order valence-corrected chi connectivity index (χ1v) is 7.48. The van der Waals surface area contributed by atoms with Gasteiger partial charge in [-0.05, 0) is 25.8 Å². The molecule has 1 saturated carbocycles. The van der Waals surface area contributed by atoms with Crippen LogP contribution in [0.5, 0.6) is 0 Å². The minimum Gasteiger partial charge on any atom is -0.468 e. The van der Waals surface area contributed by atoms with Gasteiger partial charge in [-0.3, -0.25) is 4.79 Å². The van der Waals surface area contributed by atoms with Crippen molar-refractivity contribution in [2.24, 2.45) is 5.92 Å². The van der Waals surface area contributed by atoms with E-state index < -0.39 is 0 Å². The number of esters is 1. The fourth-order valence-electron chi connectivity index (χ4n) is 2.98. The molecule has 19 heavy (non-hydrogen) atoms. The van der Waals surface area contributed by atoms with Crippen molar-refractivity contribution in [1.29, 1.82) is 0 Å². The third kappa shape index (κ3) is 5.49. The molecule has 0 aromatic heterocycles. The highest BCUT2D eigenvalue weighted by Crippen LogP contribution is 2.26. The topological polar surface area (TPSA) is 41.6 Å². The van der Waals surface area contributed by atoms with Crippen LogP contribution in [0.4, 0.5) is 0 Å². The Morgan fingerprint density at radius 3 is 2.63 bits per heavy atom. The third-order valence-corrected chi connectivity index (χ3v) is 4.02. The number of rotatable bonds is 6. The highest BCUT2D eigenvalue weighted by atomic mass is 16.5. The van der Waals surface area contributed by atoms with Gasteiger partial charge in [-0.2, -0.15) is 0 Å². The van der Waals surface area contributed by atoms with Crippen LogP contribution in [0.25, 0.3) is 0 Å². The lowest BCUT2D eigenvalue weighted by Gasteiger charge is -2.36. The monoisotopic (exact) mass is 270 g/mol. The second-order valence-electron chi connectivity index (χ2n) is 6.26. The number of carbonyl (C=O) groups excluding carboxylic acids is 1. The smallest absolute Gasteiger partial charge is 0.324 e. The van der Waals surface area contributed by atoms with Gasteiger partial charge in [0.05, 0.1) is 7.11 Å². The SMILES string of the molecule is COC(=O)C(CN(C)C1CCCC(C)C1)NC(C)C. The van der Waals surface area contributed by atoms with Crippen LogP contribution in [0.3, 0.4) is 0 Å². The predicted molar refractivity (Wildman–Crippen MR) is 78.1 cm³/mol. The number of ether oxygens (including phenoxy) is 1. The molecule has 1 rings (SSSR count). The Labute approximate surface area is 117 Å². The van der Waals surface area contributed by atoms with Gasteiger partial charge in [0.15, 0.2) is 0 Å². The van der Waals surface area contributed by atoms with Crippen LogP contribution in [0, 0.1) is 5.92 Å². The summed E-state index contributed by atoms with van der Waals surface area (Å²) >= 11 is 0. The summed E-state index contributed by atoms with van der Waals surface area (Å²) in [6.07, 6.45) is 5.13. The van der Waals surface area contributed by atoms with E-state index in [2.05, 4.69) is 38.0 Å². The van der Waals surface area contributed by atoms with Gasteiger partial charge in [0.1, 0.15) is 6.04 Å². The second kappa shape index (κ2) is 7.85. The van der Waals surface area contributed by atoms with Crippen molar-refractivity contribution in [3.63, 3.8) is 0 Å². The summed E-state index contributed by atoms with van der Waals surface area (Å²) in [4.78, 5) is 14.1. The van der Waals surface area contributed by atoms with Crippen LogP contribution >= 0.6 is 0 Å². The van der Waals surface area contributed by atoms with E-state index in [9.17, 15) is 4.79 Å².